The van der Waals surface area contributed by atoms with Gasteiger partial charge in [-0.15, -0.1) is 0 Å². The van der Waals surface area contributed by atoms with Crippen molar-refractivity contribution in [2.45, 2.75) is 65.6 Å². The molecule has 1 aromatic heterocycles. The van der Waals surface area contributed by atoms with Gasteiger partial charge < -0.3 is 9.73 Å². The Balaban J connectivity index is 1.86. The van der Waals surface area contributed by atoms with Crippen molar-refractivity contribution in [1.29, 1.82) is 0 Å². The number of hydrogen-bond acceptors (Lipinski definition) is 3. The van der Waals surface area contributed by atoms with Crippen molar-refractivity contribution in [2.24, 2.45) is 5.92 Å². The van der Waals surface area contributed by atoms with Gasteiger partial charge in [-0.2, -0.15) is 0 Å². The molecule has 3 heteroatoms. The van der Waals surface area contributed by atoms with E-state index in [0.717, 1.165) is 37.2 Å². The van der Waals surface area contributed by atoms with Crippen molar-refractivity contribution >= 4 is 0 Å². The molecule has 1 fully saturated rings. The minimum absolute atomic E-state index is 0.690. The van der Waals surface area contributed by atoms with E-state index < -0.39 is 0 Å². The summed E-state index contributed by atoms with van der Waals surface area (Å²) in [5.74, 6) is 2.87. The molecule has 0 spiro atoms. The quantitative estimate of drug-likeness (QED) is 0.824. The van der Waals surface area contributed by atoms with Crippen molar-refractivity contribution in [1.82, 2.24) is 10.2 Å². The van der Waals surface area contributed by atoms with E-state index in [4.69, 9.17) is 4.42 Å². The molecule has 0 aromatic carbocycles. The highest BCUT2D eigenvalue weighted by Crippen LogP contribution is 2.24. The molecule has 1 saturated carbocycles. The Bertz CT molecular complexity index is 405. The van der Waals surface area contributed by atoms with Gasteiger partial charge in [0.2, 0.25) is 0 Å². The van der Waals surface area contributed by atoms with E-state index in [2.05, 4.69) is 44.1 Å². The molecule has 1 aliphatic carbocycles. The van der Waals surface area contributed by atoms with Crippen molar-refractivity contribution in [2.75, 3.05) is 13.6 Å². The van der Waals surface area contributed by atoms with E-state index in [9.17, 15) is 0 Å². The van der Waals surface area contributed by atoms with Crippen LogP contribution in [0.15, 0.2) is 10.5 Å². The molecule has 0 amide bonds. The molecular weight excluding hydrogens is 248 g/mol. The molecule has 0 bridgehead atoms. The summed E-state index contributed by atoms with van der Waals surface area (Å²) in [5.41, 5.74) is 1.31. The van der Waals surface area contributed by atoms with Crippen LogP contribution < -0.4 is 5.32 Å². The third-order valence-electron chi connectivity index (χ3n) is 4.29. The summed E-state index contributed by atoms with van der Waals surface area (Å²) in [6, 6.07) is 2.98. The summed E-state index contributed by atoms with van der Waals surface area (Å²) in [5, 5.41) is 3.49. The van der Waals surface area contributed by atoms with E-state index in [-0.39, 0.29) is 0 Å². The molecule has 114 valence electrons. The van der Waals surface area contributed by atoms with Gasteiger partial charge in [0.1, 0.15) is 11.5 Å². The summed E-state index contributed by atoms with van der Waals surface area (Å²) >= 11 is 0. The van der Waals surface area contributed by atoms with Crippen molar-refractivity contribution in [3.63, 3.8) is 0 Å². The van der Waals surface area contributed by atoms with Crippen LogP contribution in [0, 0.1) is 12.8 Å². The van der Waals surface area contributed by atoms with Gasteiger partial charge in [-0.1, -0.05) is 26.7 Å². The van der Waals surface area contributed by atoms with Crippen molar-refractivity contribution in [3.05, 3.63) is 23.2 Å². The maximum Gasteiger partial charge on any atom is 0.118 e. The molecule has 2 rings (SSSR count). The first-order valence-electron chi connectivity index (χ1n) is 8.05. The fraction of sp³-hybridized carbons (Fsp3) is 0.765. The summed E-state index contributed by atoms with van der Waals surface area (Å²) in [6.45, 7) is 9.46. The van der Waals surface area contributed by atoms with Crippen molar-refractivity contribution < 1.29 is 4.42 Å². The molecule has 0 atom stereocenters. The summed E-state index contributed by atoms with van der Waals surface area (Å²) in [6.07, 6.45) is 5.46. The van der Waals surface area contributed by atoms with Gasteiger partial charge in [0, 0.05) is 18.2 Å². The van der Waals surface area contributed by atoms with E-state index in [1.54, 1.807) is 0 Å². The number of aryl methyl sites for hydroxylation is 1. The second-order valence-corrected chi connectivity index (χ2v) is 6.67. The number of nitrogens with one attached hydrogen (secondary N) is 1. The van der Waals surface area contributed by atoms with Gasteiger partial charge in [0.25, 0.3) is 0 Å². The van der Waals surface area contributed by atoms with Gasteiger partial charge in [0.05, 0.1) is 6.54 Å². The fourth-order valence-electron chi connectivity index (χ4n) is 3.06. The third-order valence-corrected chi connectivity index (χ3v) is 4.29. The van der Waals surface area contributed by atoms with Gasteiger partial charge in [-0.3, -0.25) is 4.90 Å². The number of nitrogens with zero attached hydrogens (tertiary/aromatic N) is 1. The predicted octanol–water partition coefficient (Wildman–Crippen LogP) is 3.71. The van der Waals surface area contributed by atoms with Crippen LogP contribution in [0.5, 0.6) is 0 Å². The highest BCUT2D eigenvalue weighted by atomic mass is 16.3. The highest BCUT2D eigenvalue weighted by Gasteiger charge is 2.20. The smallest absolute Gasteiger partial charge is 0.118 e. The molecule has 3 nitrogen and oxygen atoms in total. The number of rotatable bonds is 7. The minimum Gasteiger partial charge on any atom is -0.465 e. The molecule has 0 radical (unpaired) electrons. The number of hydrogen-bond donors (Lipinski definition) is 1. The first-order chi connectivity index (χ1) is 9.56. The van der Waals surface area contributed by atoms with Crippen molar-refractivity contribution in [3.8, 4) is 0 Å². The SMILES string of the molecule is Cc1oc(CN(C)C2CCCC2)cc1CNCC(C)C. The van der Waals surface area contributed by atoms with Crippen LogP contribution in [0.25, 0.3) is 0 Å². The van der Waals surface area contributed by atoms with Gasteiger partial charge in [0.15, 0.2) is 0 Å². The Kier molecular flexibility index (Phi) is 5.67. The van der Waals surface area contributed by atoms with E-state index in [0.29, 0.717) is 5.92 Å². The lowest BCUT2D eigenvalue weighted by Crippen LogP contribution is -2.28. The van der Waals surface area contributed by atoms with Crippen LogP contribution in [0.2, 0.25) is 0 Å². The average molecular weight is 278 g/mol. The molecule has 1 aromatic rings. The second kappa shape index (κ2) is 7.28. The average Bonchev–Trinajstić information content (AvgIpc) is 2.99. The van der Waals surface area contributed by atoms with E-state index in [1.807, 2.05) is 0 Å². The molecule has 20 heavy (non-hydrogen) atoms. The summed E-state index contributed by atoms with van der Waals surface area (Å²) in [7, 11) is 2.23. The largest absolute Gasteiger partial charge is 0.465 e. The minimum atomic E-state index is 0.690. The third kappa shape index (κ3) is 4.35. The zero-order valence-corrected chi connectivity index (χ0v) is 13.5. The van der Waals surface area contributed by atoms with Crippen LogP contribution in [0.4, 0.5) is 0 Å². The molecule has 1 heterocycles. The molecule has 0 unspecified atom stereocenters. The Labute approximate surface area is 123 Å². The first-order valence-corrected chi connectivity index (χ1v) is 8.05. The standard InChI is InChI=1S/C17H30N2O/c1-13(2)10-18-11-15-9-17(20-14(15)3)12-19(4)16-7-5-6-8-16/h9,13,16,18H,5-8,10-12H2,1-4H3. The normalized spacial score (nSPS) is 16.7. The van der Waals surface area contributed by atoms with Crippen LogP contribution in [-0.4, -0.2) is 24.5 Å². The maximum absolute atomic E-state index is 5.92. The topological polar surface area (TPSA) is 28.4 Å². The number of furan rings is 1. The fourth-order valence-corrected chi connectivity index (χ4v) is 3.06. The Morgan fingerprint density at radius 3 is 2.70 bits per heavy atom. The van der Waals surface area contributed by atoms with Crippen LogP contribution in [0.1, 0.15) is 56.6 Å². The summed E-state index contributed by atoms with van der Waals surface area (Å²) in [4.78, 5) is 2.45. The lowest BCUT2D eigenvalue weighted by atomic mass is 10.2. The zero-order valence-electron chi connectivity index (χ0n) is 13.5. The lowest BCUT2D eigenvalue weighted by Gasteiger charge is -2.22. The van der Waals surface area contributed by atoms with Crippen LogP contribution in [-0.2, 0) is 13.1 Å². The Morgan fingerprint density at radius 2 is 2.05 bits per heavy atom. The molecule has 1 N–H and O–H groups in total. The predicted molar refractivity (Wildman–Crippen MR) is 83.7 cm³/mol. The van der Waals surface area contributed by atoms with E-state index in [1.165, 1.54) is 31.2 Å². The maximum atomic E-state index is 5.92. The highest BCUT2D eigenvalue weighted by molar-refractivity contribution is 5.20. The zero-order chi connectivity index (χ0) is 14.5. The van der Waals surface area contributed by atoms with Crippen LogP contribution >= 0.6 is 0 Å². The van der Waals surface area contributed by atoms with Gasteiger partial charge in [-0.05, 0) is 45.3 Å². The molecule has 1 aliphatic rings. The molecule has 0 aliphatic heterocycles. The van der Waals surface area contributed by atoms with Gasteiger partial charge >= 0.3 is 0 Å². The Hall–Kier alpha value is -0.800. The lowest BCUT2D eigenvalue weighted by molar-refractivity contribution is 0.218. The monoisotopic (exact) mass is 278 g/mol. The Morgan fingerprint density at radius 1 is 1.35 bits per heavy atom. The van der Waals surface area contributed by atoms with Crippen LogP contribution in [0.3, 0.4) is 0 Å². The first kappa shape index (κ1) is 15.6. The molecule has 0 saturated heterocycles. The second-order valence-electron chi connectivity index (χ2n) is 6.67. The summed E-state index contributed by atoms with van der Waals surface area (Å²) < 4.78 is 5.92. The molecular formula is C17H30N2O. The van der Waals surface area contributed by atoms with E-state index >= 15 is 0 Å². The van der Waals surface area contributed by atoms with Gasteiger partial charge in [-0.25, -0.2) is 0 Å².